The molecule has 1 aliphatic heterocycles. The van der Waals surface area contributed by atoms with Crippen LogP contribution >= 0.6 is 0 Å². The van der Waals surface area contributed by atoms with Gasteiger partial charge < -0.3 is 14.2 Å². The number of aryl methyl sites for hydroxylation is 1. The van der Waals surface area contributed by atoms with E-state index in [1.165, 1.54) is 18.2 Å². The Morgan fingerprint density at radius 3 is 2.81 bits per heavy atom. The fourth-order valence-electron chi connectivity index (χ4n) is 2.89. The van der Waals surface area contributed by atoms with Crippen LogP contribution in [0.4, 0.5) is 8.78 Å². The highest BCUT2D eigenvalue weighted by Gasteiger charge is 2.27. The molecule has 1 atom stereocenters. The molecule has 0 N–H and O–H groups in total. The van der Waals surface area contributed by atoms with Crippen molar-refractivity contribution in [1.82, 2.24) is 15.0 Å². The molecule has 0 saturated carbocycles. The third-order valence-electron chi connectivity index (χ3n) is 4.15. The summed E-state index contributed by atoms with van der Waals surface area (Å²) in [6.07, 6.45) is 4.89. The van der Waals surface area contributed by atoms with Crippen LogP contribution in [0, 0.1) is 6.92 Å². The van der Waals surface area contributed by atoms with Crippen LogP contribution in [-0.4, -0.2) is 40.6 Å². The first-order chi connectivity index (χ1) is 12.5. The van der Waals surface area contributed by atoms with E-state index in [1.807, 2.05) is 0 Å². The molecule has 0 radical (unpaired) electrons. The number of aromatic nitrogens is 2. The molecule has 1 aromatic carbocycles. The number of piperidine rings is 1. The summed E-state index contributed by atoms with van der Waals surface area (Å²) < 4.78 is 33.8. The number of likely N-dealkylation sites (tertiary alicyclic amines) is 1. The lowest BCUT2D eigenvalue weighted by Gasteiger charge is -2.30. The van der Waals surface area contributed by atoms with E-state index in [-0.39, 0.29) is 17.6 Å². The minimum Gasteiger partial charge on any atom is -0.435 e. The van der Waals surface area contributed by atoms with Crippen LogP contribution in [0.5, 0.6) is 5.75 Å². The van der Waals surface area contributed by atoms with E-state index in [9.17, 15) is 13.6 Å². The van der Waals surface area contributed by atoms with Crippen LogP contribution in [0.15, 0.2) is 34.9 Å². The molecule has 1 saturated heterocycles. The molecule has 2 heterocycles. The van der Waals surface area contributed by atoms with Gasteiger partial charge in [-0.15, -0.1) is 0 Å². The fourth-order valence-corrected chi connectivity index (χ4v) is 2.89. The summed E-state index contributed by atoms with van der Waals surface area (Å²) in [4.78, 5) is 18.4. The average molecular weight is 363 g/mol. The number of hydrogen-bond acceptors (Lipinski definition) is 5. The van der Waals surface area contributed by atoms with Crippen molar-refractivity contribution in [2.45, 2.75) is 32.3 Å². The number of benzene rings is 1. The van der Waals surface area contributed by atoms with Gasteiger partial charge in [-0.3, -0.25) is 4.79 Å². The number of alkyl halides is 2. The van der Waals surface area contributed by atoms with Crippen LogP contribution < -0.4 is 4.74 Å². The minimum absolute atomic E-state index is 0.0491. The van der Waals surface area contributed by atoms with Gasteiger partial charge in [0, 0.05) is 19.2 Å². The van der Waals surface area contributed by atoms with E-state index in [2.05, 4.69) is 14.9 Å². The number of carbonyl (C=O) groups is 1. The summed E-state index contributed by atoms with van der Waals surface area (Å²) in [5.74, 6) is 1.17. The van der Waals surface area contributed by atoms with Gasteiger partial charge in [0.2, 0.25) is 11.8 Å². The third-order valence-corrected chi connectivity index (χ3v) is 4.15. The Labute approximate surface area is 149 Å². The Bertz CT molecular complexity index is 774. The summed E-state index contributed by atoms with van der Waals surface area (Å²) in [5.41, 5.74) is 0.723. The van der Waals surface area contributed by atoms with Gasteiger partial charge in [-0.2, -0.15) is 13.8 Å². The van der Waals surface area contributed by atoms with E-state index >= 15 is 0 Å². The zero-order chi connectivity index (χ0) is 18.5. The zero-order valence-electron chi connectivity index (χ0n) is 14.3. The molecule has 0 unspecified atom stereocenters. The van der Waals surface area contributed by atoms with Crippen LogP contribution in [-0.2, 0) is 4.79 Å². The van der Waals surface area contributed by atoms with Gasteiger partial charge in [-0.1, -0.05) is 17.3 Å². The quantitative estimate of drug-likeness (QED) is 0.762. The Morgan fingerprint density at radius 1 is 1.38 bits per heavy atom. The Morgan fingerprint density at radius 2 is 2.15 bits per heavy atom. The van der Waals surface area contributed by atoms with E-state index in [1.54, 1.807) is 30.0 Å². The summed E-state index contributed by atoms with van der Waals surface area (Å²) in [6.45, 7) is 0.117. The predicted molar refractivity (Wildman–Crippen MR) is 89.7 cm³/mol. The fraction of sp³-hybridized carbons (Fsp3) is 0.389. The van der Waals surface area contributed by atoms with Crippen molar-refractivity contribution in [3.05, 3.63) is 47.6 Å². The molecule has 1 fully saturated rings. The first-order valence-corrected chi connectivity index (χ1v) is 8.33. The number of hydrogen-bond donors (Lipinski definition) is 0. The number of amides is 1. The minimum atomic E-state index is -2.85. The number of carbonyl (C=O) groups excluding carboxylic acids is 1. The molecule has 8 heteroatoms. The van der Waals surface area contributed by atoms with Crippen molar-refractivity contribution >= 4 is 12.0 Å². The predicted octanol–water partition coefficient (Wildman–Crippen LogP) is 3.40. The number of ether oxygens (including phenoxy) is 1. The molecule has 6 nitrogen and oxygen atoms in total. The summed E-state index contributed by atoms with van der Waals surface area (Å²) in [5, 5.41) is 3.80. The lowest BCUT2D eigenvalue weighted by atomic mass is 9.98. The maximum atomic E-state index is 12.4. The van der Waals surface area contributed by atoms with Gasteiger partial charge in [-0.05, 0) is 43.5 Å². The van der Waals surface area contributed by atoms with Crippen molar-refractivity contribution in [2.75, 3.05) is 13.1 Å². The number of nitrogens with zero attached hydrogens (tertiary/aromatic N) is 3. The maximum absolute atomic E-state index is 12.4. The molecular formula is C18H19F2N3O3. The normalized spacial score (nSPS) is 17.8. The van der Waals surface area contributed by atoms with Gasteiger partial charge in [0.25, 0.3) is 0 Å². The Balaban J connectivity index is 1.59. The van der Waals surface area contributed by atoms with Crippen LogP contribution in [0.3, 0.4) is 0 Å². The number of rotatable bonds is 5. The second-order valence-electron chi connectivity index (χ2n) is 6.08. The van der Waals surface area contributed by atoms with Crippen LogP contribution in [0.25, 0.3) is 6.08 Å². The van der Waals surface area contributed by atoms with E-state index < -0.39 is 6.61 Å². The summed E-state index contributed by atoms with van der Waals surface area (Å²) in [6, 6.07) is 6.10. The second-order valence-corrected chi connectivity index (χ2v) is 6.08. The van der Waals surface area contributed by atoms with Gasteiger partial charge in [0.1, 0.15) is 5.75 Å². The highest BCUT2D eigenvalue weighted by molar-refractivity contribution is 5.91. The summed E-state index contributed by atoms with van der Waals surface area (Å²) in [7, 11) is 0. The lowest BCUT2D eigenvalue weighted by molar-refractivity contribution is -0.127. The maximum Gasteiger partial charge on any atom is 0.387 e. The Kier molecular flexibility index (Phi) is 5.60. The summed E-state index contributed by atoms with van der Waals surface area (Å²) >= 11 is 0. The molecule has 1 aromatic heterocycles. The molecule has 3 rings (SSSR count). The standard InChI is InChI=1S/C18H19F2N3O3/c1-12-21-17(26-22-12)14-3-2-10-23(11-14)16(24)9-6-13-4-7-15(8-5-13)25-18(19)20/h4-9,14,18H,2-3,10-11H2,1H3/b9-6+/t14-/m0/s1. The molecule has 26 heavy (non-hydrogen) atoms. The molecule has 138 valence electrons. The molecule has 0 spiro atoms. The van der Waals surface area contributed by atoms with Gasteiger partial charge in [-0.25, -0.2) is 0 Å². The van der Waals surface area contributed by atoms with Crippen molar-refractivity contribution < 1.29 is 22.8 Å². The average Bonchev–Trinajstić information content (AvgIpc) is 3.07. The lowest BCUT2D eigenvalue weighted by Crippen LogP contribution is -2.38. The molecule has 1 amide bonds. The monoisotopic (exact) mass is 363 g/mol. The van der Waals surface area contributed by atoms with E-state index in [4.69, 9.17) is 4.52 Å². The van der Waals surface area contributed by atoms with Gasteiger partial charge >= 0.3 is 6.61 Å². The van der Waals surface area contributed by atoms with Gasteiger partial charge in [0.15, 0.2) is 5.82 Å². The van der Waals surface area contributed by atoms with Crippen molar-refractivity contribution in [2.24, 2.45) is 0 Å². The zero-order valence-corrected chi connectivity index (χ0v) is 14.3. The SMILES string of the molecule is Cc1noc([C@H]2CCCN(C(=O)/C=C/c3ccc(OC(F)F)cc3)C2)n1. The molecule has 0 bridgehead atoms. The van der Waals surface area contributed by atoms with E-state index in [0.717, 1.165) is 18.4 Å². The first kappa shape index (κ1) is 18.0. The second kappa shape index (κ2) is 8.07. The van der Waals surface area contributed by atoms with Crippen molar-refractivity contribution in [1.29, 1.82) is 0 Å². The number of halogens is 2. The first-order valence-electron chi connectivity index (χ1n) is 8.33. The molecule has 0 aliphatic carbocycles. The van der Waals surface area contributed by atoms with Crippen LogP contribution in [0.1, 0.15) is 36.0 Å². The molecule has 1 aliphatic rings. The molecule has 2 aromatic rings. The largest absolute Gasteiger partial charge is 0.435 e. The van der Waals surface area contributed by atoms with Gasteiger partial charge in [0.05, 0.1) is 5.92 Å². The highest BCUT2D eigenvalue weighted by atomic mass is 19.3. The Hall–Kier alpha value is -2.77. The van der Waals surface area contributed by atoms with Crippen molar-refractivity contribution in [3.63, 3.8) is 0 Å². The topological polar surface area (TPSA) is 68.5 Å². The highest BCUT2D eigenvalue weighted by Crippen LogP contribution is 2.26. The van der Waals surface area contributed by atoms with E-state index in [0.29, 0.717) is 24.8 Å². The third kappa shape index (κ3) is 4.65. The smallest absolute Gasteiger partial charge is 0.387 e. The van der Waals surface area contributed by atoms with Crippen LogP contribution in [0.2, 0.25) is 0 Å². The van der Waals surface area contributed by atoms with Crippen molar-refractivity contribution in [3.8, 4) is 5.75 Å². The molecular weight excluding hydrogens is 344 g/mol.